The largest absolute Gasteiger partial charge is 0.496 e. The van der Waals surface area contributed by atoms with Crippen molar-refractivity contribution in [3.8, 4) is 5.75 Å². The number of rotatable bonds is 3. The van der Waals surface area contributed by atoms with E-state index in [9.17, 15) is 9.59 Å². The van der Waals surface area contributed by atoms with E-state index in [2.05, 4.69) is 0 Å². The molecule has 0 aromatic heterocycles. The highest BCUT2D eigenvalue weighted by Crippen LogP contribution is 2.21. The lowest BCUT2D eigenvalue weighted by atomic mass is 10.1. The fourth-order valence-corrected chi connectivity index (χ4v) is 3.06. The van der Waals surface area contributed by atoms with Gasteiger partial charge in [-0.3, -0.25) is 9.59 Å². The number of methoxy groups -OCH3 is 1. The summed E-state index contributed by atoms with van der Waals surface area (Å²) in [6, 6.07) is 12.4. The number of amides is 2. The van der Waals surface area contributed by atoms with E-state index in [0.717, 1.165) is 5.56 Å². The molecule has 2 aromatic rings. The molecular formula is C20H23N3O3. The summed E-state index contributed by atoms with van der Waals surface area (Å²) in [4.78, 5) is 28.8. The summed E-state index contributed by atoms with van der Waals surface area (Å²) in [6.07, 6.45) is 0. The first-order valence-corrected chi connectivity index (χ1v) is 8.58. The molecule has 26 heavy (non-hydrogen) atoms. The van der Waals surface area contributed by atoms with Crippen molar-refractivity contribution in [2.45, 2.75) is 6.92 Å². The first-order chi connectivity index (χ1) is 12.5. The van der Waals surface area contributed by atoms with Gasteiger partial charge in [0.2, 0.25) is 0 Å². The molecule has 136 valence electrons. The van der Waals surface area contributed by atoms with E-state index in [1.54, 1.807) is 47.2 Å². The van der Waals surface area contributed by atoms with Gasteiger partial charge in [0.25, 0.3) is 11.8 Å². The zero-order valence-corrected chi connectivity index (χ0v) is 15.1. The van der Waals surface area contributed by atoms with Crippen molar-refractivity contribution in [3.05, 3.63) is 59.2 Å². The number of benzene rings is 2. The van der Waals surface area contributed by atoms with Crippen LogP contribution in [0.15, 0.2) is 42.5 Å². The highest BCUT2D eigenvalue weighted by Gasteiger charge is 2.25. The summed E-state index contributed by atoms with van der Waals surface area (Å²) >= 11 is 0. The van der Waals surface area contributed by atoms with Gasteiger partial charge in [-0.2, -0.15) is 0 Å². The molecule has 3 rings (SSSR count). The normalized spacial score (nSPS) is 14.2. The monoisotopic (exact) mass is 353 g/mol. The highest BCUT2D eigenvalue weighted by atomic mass is 16.5. The van der Waals surface area contributed by atoms with Gasteiger partial charge < -0.3 is 20.3 Å². The predicted octanol–water partition coefficient (Wildman–Crippen LogP) is 2.18. The van der Waals surface area contributed by atoms with Gasteiger partial charge in [0, 0.05) is 43.0 Å². The van der Waals surface area contributed by atoms with E-state index in [-0.39, 0.29) is 11.8 Å². The van der Waals surface area contributed by atoms with Crippen LogP contribution in [-0.4, -0.2) is 54.9 Å². The Morgan fingerprint density at radius 2 is 1.38 bits per heavy atom. The molecule has 0 radical (unpaired) electrons. The molecule has 1 aliphatic rings. The number of nitrogens with zero attached hydrogens (tertiary/aromatic N) is 2. The fourth-order valence-electron chi connectivity index (χ4n) is 3.06. The minimum Gasteiger partial charge on any atom is -0.496 e. The second-order valence-corrected chi connectivity index (χ2v) is 6.39. The van der Waals surface area contributed by atoms with Crippen LogP contribution >= 0.6 is 0 Å². The second-order valence-electron chi connectivity index (χ2n) is 6.39. The quantitative estimate of drug-likeness (QED) is 0.858. The standard InChI is InChI=1S/C20H23N3O3/c1-14-3-4-16(13-18(14)26-2)20(25)23-11-9-22(10-12-23)19(24)15-5-7-17(21)8-6-15/h3-8,13H,9-12,21H2,1-2H3. The van der Waals surface area contributed by atoms with Crippen LogP contribution in [-0.2, 0) is 0 Å². The maximum absolute atomic E-state index is 12.7. The summed E-state index contributed by atoms with van der Waals surface area (Å²) in [5.74, 6) is 0.630. The molecule has 2 amide bonds. The molecule has 0 bridgehead atoms. The van der Waals surface area contributed by atoms with Gasteiger partial charge in [-0.1, -0.05) is 6.07 Å². The third-order valence-corrected chi connectivity index (χ3v) is 4.67. The Morgan fingerprint density at radius 3 is 1.92 bits per heavy atom. The first kappa shape index (κ1) is 17.8. The number of nitrogen functional groups attached to an aromatic ring is 1. The molecule has 6 nitrogen and oxygen atoms in total. The zero-order valence-electron chi connectivity index (χ0n) is 15.1. The number of carbonyl (C=O) groups is 2. The molecule has 2 N–H and O–H groups in total. The average Bonchev–Trinajstić information content (AvgIpc) is 2.68. The molecule has 0 saturated carbocycles. The van der Waals surface area contributed by atoms with Gasteiger partial charge in [-0.15, -0.1) is 0 Å². The molecule has 1 heterocycles. The van der Waals surface area contributed by atoms with E-state index in [1.807, 2.05) is 19.1 Å². The number of anilines is 1. The van der Waals surface area contributed by atoms with Crippen molar-refractivity contribution in [1.29, 1.82) is 0 Å². The van der Waals surface area contributed by atoms with Crippen LogP contribution < -0.4 is 10.5 Å². The maximum Gasteiger partial charge on any atom is 0.254 e. The molecule has 0 aliphatic carbocycles. The number of nitrogens with two attached hydrogens (primary N) is 1. The van der Waals surface area contributed by atoms with Crippen molar-refractivity contribution in [2.75, 3.05) is 39.0 Å². The predicted molar refractivity (Wildman–Crippen MR) is 100 cm³/mol. The smallest absolute Gasteiger partial charge is 0.254 e. The highest BCUT2D eigenvalue weighted by molar-refractivity contribution is 5.96. The molecule has 1 saturated heterocycles. The Labute approximate surface area is 153 Å². The Morgan fingerprint density at radius 1 is 0.885 bits per heavy atom. The summed E-state index contributed by atoms with van der Waals surface area (Å²) in [5.41, 5.74) is 8.50. The number of hydrogen-bond acceptors (Lipinski definition) is 4. The van der Waals surface area contributed by atoms with Crippen LogP contribution in [0.3, 0.4) is 0 Å². The molecular weight excluding hydrogens is 330 g/mol. The minimum atomic E-state index is -0.0390. The van der Waals surface area contributed by atoms with Crippen LogP contribution in [0.5, 0.6) is 5.75 Å². The fraction of sp³-hybridized carbons (Fsp3) is 0.300. The molecule has 1 aliphatic heterocycles. The Bertz CT molecular complexity index is 810. The second kappa shape index (κ2) is 7.47. The Hall–Kier alpha value is -3.02. The lowest BCUT2D eigenvalue weighted by Gasteiger charge is -2.35. The summed E-state index contributed by atoms with van der Waals surface area (Å²) in [5, 5.41) is 0. The minimum absolute atomic E-state index is 0.0332. The molecule has 0 spiro atoms. The van der Waals surface area contributed by atoms with E-state index < -0.39 is 0 Å². The Balaban J connectivity index is 1.63. The third-order valence-electron chi connectivity index (χ3n) is 4.67. The molecule has 1 fully saturated rings. The maximum atomic E-state index is 12.7. The van der Waals surface area contributed by atoms with Gasteiger partial charge >= 0.3 is 0 Å². The summed E-state index contributed by atoms with van der Waals surface area (Å²) < 4.78 is 5.30. The van der Waals surface area contributed by atoms with Gasteiger partial charge in [0.1, 0.15) is 5.75 Å². The lowest BCUT2D eigenvalue weighted by Crippen LogP contribution is -2.50. The van der Waals surface area contributed by atoms with Crippen molar-refractivity contribution in [3.63, 3.8) is 0 Å². The van der Waals surface area contributed by atoms with Crippen LogP contribution in [0.2, 0.25) is 0 Å². The van der Waals surface area contributed by atoms with Crippen molar-refractivity contribution >= 4 is 17.5 Å². The molecule has 6 heteroatoms. The molecule has 0 unspecified atom stereocenters. The molecule has 2 aromatic carbocycles. The zero-order chi connectivity index (χ0) is 18.7. The van der Waals surface area contributed by atoms with Gasteiger partial charge in [-0.25, -0.2) is 0 Å². The van der Waals surface area contributed by atoms with Crippen LogP contribution in [0.1, 0.15) is 26.3 Å². The van der Waals surface area contributed by atoms with Crippen molar-refractivity contribution in [2.24, 2.45) is 0 Å². The number of hydrogen-bond donors (Lipinski definition) is 1. The van der Waals surface area contributed by atoms with Crippen molar-refractivity contribution < 1.29 is 14.3 Å². The third kappa shape index (κ3) is 3.64. The number of aryl methyl sites for hydroxylation is 1. The van der Waals surface area contributed by atoms with E-state index >= 15 is 0 Å². The Kier molecular flexibility index (Phi) is 5.11. The van der Waals surface area contributed by atoms with Crippen molar-refractivity contribution in [1.82, 2.24) is 9.80 Å². The van der Waals surface area contributed by atoms with Crippen LogP contribution in [0.4, 0.5) is 5.69 Å². The number of piperazine rings is 1. The SMILES string of the molecule is COc1cc(C(=O)N2CCN(C(=O)c3ccc(N)cc3)CC2)ccc1C. The first-order valence-electron chi connectivity index (χ1n) is 8.58. The summed E-state index contributed by atoms with van der Waals surface area (Å²) in [6.45, 7) is 3.98. The topological polar surface area (TPSA) is 75.9 Å². The average molecular weight is 353 g/mol. The van der Waals surface area contributed by atoms with Gasteiger partial charge in [-0.05, 0) is 48.9 Å². The van der Waals surface area contributed by atoms with E-state index in [1.165, 1.54) is 0 Å². The lowest BCUT2D eigenvalue weighted by molar-refractivity contribution is 0.0535. The number of ether oxygens (including phenoxy) is 1. The molecule has 0 atom stereocenters. The van der Waals surface area contributed by atoms with Gasteiger partial charge in [0.05, 0.1) is 7.11 Å². The van der Waals surface area contributed by atoms with E-state index in [4.69, 9.17) is 10.5 Å². The van der Waals surface area contributed by atoms with Crippen LogP contribution in [0.25, 0.3) is 0 Å². The van der Waals surface area contributed by atoms with Crippen LogP contribution in [0, 0.1) is 6.92 Å². The van der Waals surface area contributed by atoms with Gasteiger partial charge in [0.15, 0.2) is 0 Å². The van der Waals surface area contributed by atoms with E-state index in [0.29, 0.717) is 48.7 Å². The number of carbonyl (C=O) groups excluding carboxylic acids is 2. The summed E-state index contributed by atoms with van der Waals surface area (Å²) in [7, 11) is 1.60.